The van der Waals surface area contributed by atoms with E-state index in [4.69, 9.17) is 16.7 Å². The second kappa shape index (κ2) is 10.5. The Bertz CT molecular complexity index is 121. The zero-order valence-electron chi connectivity index (χ0n) is 7.56. The van der Waals surface area contributed by atoms with E-state index in [0.29, 0.717) is 0 Å². The topological polar surface area (TPSA) is 49.3 Å². The van der Waals surface area contributed by atoms with Gasteiger partial charge in [-0.2, -0.15) is 0 Å². The summed E-state index contributed by atoms with van der Waals surface area (Å²) in [5.41, 5.74) is 0.176. The average Bonchev–Trinajstić information content (AvgIpc) is 2.02. The molecule has 0 aromatic carbocycles. The monoisotopic (exact) mass is 193 g/mol. The molecular weight excluding hydrogens is 178 g/mol. The molecule has 0 atom stereocenters. The molecule has 0 aliphatic rings. The molecule has 3 nitrogen and oxygen atoms in total. The molecule has 2 N–H and O–H groups in total. The summed E-state index contributed by atoms with van der Waals surface area (Å²) >= 11 is 5.34. The Balaban J connectivity index is 0. The molecule has 0 heterocycles. The summed E-state index contributed by atoms with van der Waals surface area (Å²) in [4.78, 5) is 9.60. The lowest BCUT2D eigenvalue weighted by Gasteiger charge is -1.88. The quantitative estimate of drug-likeness (QED) is 0.404. The van der Waals surface area contributed by atoms with Gasteiger partial charge in [0.05, 0.1) is 0 Å². The maximum absolute atomic E-state index is 9.60. The van der Waals surface area contributed by atoms with Gasteiger partial charge in [0.15, 0.2) is 0 Å². The van der Waals surface area contributed by atoms with Gasteiger partial charge in [-0.15, -0.1) is 11.6 Å². The SMILES string of the molecule is C=C(C)C(=O)O.CNCCCCl. The van der Waals surface area contributed by atoms with Gasteiger partial charge in [0.25, 0.3) is 0 Å². The van der Waals surface area contributed by atoms with Gasteiger partial charge in [-0.25, -0.2) is 4.79 Å². The molecule has 0 aliphatic carbocycles. The molecule has 0 aliphatic heterocycles. The molecule has 0 saturated heterocycles. The van der Waals surface area contributed by atoms with Crippen molar-refractivity contribution in [2.45, 2.75) is 13.3 Å². The number of halogens is 1. The Hall–Kier alpha value is -0.540. The second-order valence-electron chi connectivity index (χ2n) is 2.23. The summed E-state index contributed by atoms with van der Waals surface area (Å²) in [5, 5.41) is 10.9. The third kappa shape index (κ3) is 16.2. The third-order valence-corrected chi connectivity index (χ3v) is 1.19. The minimum atomic E-state index is -0.935. The van der Waals surface area contributed by atoms with Crippen LogP contribution in [0.5, 0.6) is 0 Å². The Morgan fingerprint density at radius 3 is 2.17 bits per heavy atom. The van der Waals surface area contributed by atoms with Gasteiger partial charge in [-0.3, -0.25) is 0 Å². The van der Waals surface area contributed by atoms with E-state index in [1.54, 1.807) is 0 Å². The first-order chi connectivity index (χ1) is 5.56. The lowest BCUT2D eigenvalue weighted by molar-refractivity contribution is -0.132. The van der Waals surface area contributed by atoms with E-state index < -0.39 is 5.97 Å². The standard InChI is InChI=1S/C4H10ClN.C4H6O2/c1-6-4-2-3-5;1-3(2)4(5)6/h6H,2-4H2,1H3;1H2,2H3,(H,5,6). The summed E-state index contributed by atoms with van der Waals surface area (Å²) in [7, 11) is 1.92. The number of rotatable bonds is 4. The molecule has 0 spiro atoms. The van der Waals surface area contributed by atoms with E-state index in [9.17, 15) is 4.79 Å². The maximum atomic E-state index is 9.60. The van der Waals surface area contributed by atoms with Gasteiger partial charge in [-0.05, 0) is 26.9 Å². The minimum absolute atomic E-state index is 0.176. The number of hydrogen-bond donors (Lipinski definition) is 2. The molecule has 12 heavy (non-hydrogen) atoms. The maximum Gasteiger partial charge on any atom is 0.330 e. The highest BCUT2D eigenvalue weighted by atomic mass is 35.5. The van der Waals surface area contributed by atoms with Crippen molar-refractivity contribution in [3.05, 3.63) is 12.2 Å². The molecule has 72 valence electrons. The predicted molar refractivity (Wildman–Crippen MR) is 51.7 cm³/mol. The van der Waals surface area contributed by atoms with E-state index in [-0.39, 0.29) is 5.57 Å². The first kappa shape index (κ1) is 14.0. The van der Waals surface area contributed by atoms with Gasteiger partial charge in [-0.1, -0.05) is 6.58 Å². The van der Waals surface area contributed by atoms with Crippen LogP contribution in [0.25, 0.3) is 0 Å². The van der Waals surface area contributed by atoms with Gasteiger partial charge in [0.1, 0.15) is 0 Å². The molecule has 0 bridgehead atoms. The van der Waals surface area contributed by atoms with Crippen molar-refractivity contribution in [3.63, 3.8) is 0 Å². The van der Waals surface area contributed by atoms with Crippen LogP contribution < -0.4 is 5.32 Å². The Morgan fingerprint density at radius 1 is 1.67 bits per heavy atom. The summed E-state index contributed by atoms with van der Waals surface area (Å²) in [6.45, 7) is 5.63. The zero-order valence-corrected chi connectivity index (χ0v) is 8.32. The number of aliphatic carboxylic acids is 1. The second-order valence-corrected chi connectivity index (χ2v) is 2.61. The molecule has 0 saturated carbocycles. The van der Waals surface area contributed by atoms with Crippen LogP contribution in [-0.4, -0.2) is 30.5 Å². The van der Waals surface area contributed by atoms with Crippen molar-refractivity contribution in [1.29, 1.82) is 0 Å². The highest BCUT2D eigenvalue weighted by Crippen LogP contribution is 1.81. The van der Waals surface area contributed by atoms with Crippen LogP contribution in [0.3, 0.4) is 0 Å². The smallest absolute Gasteiger partial charge is 0.330 e. The van der Waals surface area contributed by atoms with Gasteiger partial charge in [0.2, 0.25) is 0 Å². The molecule has 0 radical (unpaired) electrons. The van der Waals surface area contributed by atoms with Gasteiger partial charge in [0, 0.05) is 11.5 Å². The molecular formula is C8H16ClNO2. The van der Waals surface area contributed by atoms with E-state index in [2.05, 4.69) is 11.9 Å². The van der Waals surface area contributed by atoms with E-state index >= 15 is 0 Å². The van der Waals surface area contributed by atoms with Crippen molar-refractivity contribution in [2.75, 3.05) is 19.5 Å². The molecule has 0 amide bonds. The fourth-order valence-corrected chi connectivity index (χ4v) is 0.377. The normalized spacial score (nSPS) is 8.25. The van der Waals surface area contributed by atoms with Gasteiger partial charge >= 0.3 is 5.97 Å². The van der Waals surface area contributed by atoms with E-state index in [1.165, 1.54) is 6.92 Å². The highest BCUT2D eigenvalue weighted by Gasteiger charge is 1.90. The summed E-state index contributed by atoms with van der Waals surface area (Å²) in [6, 6.07) is 0. The number of alkyl halides is 1. The Labute approximate surface area is 78.4 Å². The average molecular weight is 194 g/mol. The van der Waals surface area contributed by atoms with Crippen LogP contribution in [0.4, 0.5) is 0 Å². The van der Waals surface area contributed by atoms with Gasteiger partial charge < -0.3 is 10.4 Å². The fourth-order valence-electron chi connectivity index (χ4n) is 0.244. The van der Waals surface area contributed by atoms with Crippen LogP contribution in [0.1, 0.15) is 13.3 Å². The highest BCUT2D eigenvalue weighted by molar-refractivity contribution is 6.17. The first-order valence-electron chi connectivity index (χ1n) is 3.65. The fraction of sp³-hybridized carbons (Fsp3) is 0.625. The largest absolute Gasteiger partial charge is 0.478 e. The molecule has 0 aromatic heterocycles. The Morgan fingerprint density at radius 2 is 2.08 bits per heavy atom. The molecule has 4 heteroatoms. The number of carboxylic acid groups (broad SMARTS) is 1. The minimum Gasteiger partial charge on any atom is -0.478 e. The predicted octanol–water partition coefficient (Wildman–Crippen LogP) is 1.48. The Kier molecular flexibility index (Phi) is 12.2. The van der Waals surface area contributed by atoms with Crippen LogP contribution in [0, 0.1) is 0 Å². The van der Waals surface area contributed by atoms with Crippen molar-refractivity contribution in [3.8, 4) is 0 Å². The third-order valence-electron chi connectivity index (χ3n) is 0.925. The molecule has 0 unspecified atom stereocenters. The number of carboxylic acids is 1. The van der Waals surface area contributed by atoms with Crippen LogP contribution in [0.15, 0.2) is 12.2 Å². The zero-order chi connectivity index (χ0) is 9.98. The van der Waals surface area contributed by atoms with Crippen molar-refractivity contribution < 1.29 is 9.90 Å². The molecule has 0 rings (SSSR count). The van der Waals surface area contributed by atoms with Crippen molar-refractivity contribution >= 4 is 17.6 Å². The number of carbonyl (C=O) groups is 1. The van der Waals surface area contributed by atoms with Crippen LogP contribution in [0.2, 0.25) is 0 Å². The molecule has 0 fully saturated rings. The number of hydrogen-bond acceptors (Lipinski definition) is 2. The lowest BCUT2D eigenvalue weighted by Crippen LogP contribution is -2.07. The van der Waals surface area contributed by atoms with E-state index in [1.807, 2.05) is 7.05 Å². The van der Waals surface area contributed by atoms with Crippen LogP contribution in [-0.2, 0) is 4.79 Å². The van der Waals surface area contributed by atoms with Crippen LogP contribution >= 0.6 is 11.6 Å². The first-order valence-corrected chi connectivity index (χ1v) is 4.19. The molecule has 0 aromatic rings. The summed E-state index contributed by atoms with van der Waals surface area (Å²) in [6.07, 6.45) is 1.07. The van der Waals surface area contributed by atoms with E-state index in [0.717, 1.165) is 18.8 Å². The summed E-state index contributed by atoms with van der Waals surface area (Å²) < 4.78 is 0. The number of nitrogens with one attached hydrogen (secondary N) is 1. The lowest BCUT2D eigenvalue weighted by atomic mass is 10.4. The van der Waals surface area contributed by atoms with Crippen molar-refractivity contribution in [1.82, 2.24) is 5.32 Å². The van der Waals surface area contributed by atoms with Crippen molar-refractivity contribution in [2.24, 2.45) is 0 Å². The summed E-state index contributed by atoms with van der Waals surface area (Å²) in [5.74, 6) is -0.170.